The van der Waals surface area contributed by atoms with Gasteiger partial charge in [-0.3, -0.25) is 19.2 Å². The molecule has 8 heteroatoms. The third-order valence-electron chi connectivity index (χ3n) is 3.29. The summed E-state index contributed by atoms with van der Waals surface area (Å²) in [5.41, 5.74) is 1.49. The second-order valence-electron chi connectivity index (χ2n) is 5.36. The number of rotatable bonds is 8. The van der Waals surface area contributed by atoms with E-state index in [0.717, 1.165) is 0 Å². The molecule has 0 unspecified atom stereocenters. The van der Waals surface area contributed by atoms with Crippen molar-refractivity contribution in [3.63, 3.8) is 0 Å². The summed E-state index contributed by atoms with van der Waals surface area (Å²) in [4.78, 5) is 46.3. The van der Waals surface area contributed by atoms with Crippen LogP contribution in [0.25, 0.3) is 0 Å². The van der Waals surface area contributed by atoms with Gasteiger partial charge in [0.05, 0.1) is 6.42 Å². The Morgan fingerprint density at radius 3 is 2.38 bits per heavy atom. The SMILES string of the molecule is CC(=O)Nc1ccc(C(=O)COC(=O)CCNC(=O)c2ccsc2)cc1. The summed E-state index contributed by atoms with van der Waals surface area (Å²) in [6, 6.07) is 7.96. The normalized spacial score (nSPS) is 10.0. The van der Waals surface area contributed by atoms with E-state index in [2.05, 4.69) is 10.6 Å². The van der Waals surface area contributed by atoms with E-state index in [9.17, 15) is 19.2 Å². The van der Waals surface area contributed by atoms with Crippen LogP contribution in [0.4, 0.5) is 5.69 Å². The predicted molar refractivity (Wildman–Crippen MR) is 97.3 cm³/mol. The number of hydrogen-bond donors (Lipinski definition) is 2. The van der Waals surface area contributed by atoms with Gasteiger partial charge in [-0.1, -0.05) is 0 Å². The third kappa shape index (κ3) is 6.14. The van der Waals surface area contributed by atoms with E-state index in [1.54, 1.807) is 41.1 Å². The zero-order chi connectivity index (χ0) is 18.9. The van der Waals surface area contributed by atoms with Crippen molar-refractivity contribution in [2.75, 3.05) is 18.5 Å². The molecular weight excluding hydrogens is 356 g/mol. The number of ether oxygens (including phenoxy) is 1. The molecule has 0 fully saturated rings. The fraction of sp³-hybridized carbons (Fsp3) is 0.222. The number of carbonyl (C=O) groups is 4. The number of anilines is 1. The van der Waals surface area contributed by atoms with E-state index in [0.29, 0.717) is 16.8 Å². The van der Waals surface area contributed by atoms with Crippen molar-refractivity contribution in [2.24, 2.45) is 0 Å². The Bertz CT molecular complexity index is 784. The average molecular weight is 374 g/mol. The number of benzene rings is 1. The first-order valence-corrected chi connectivity index (χ1v) is 8.77. The summed E-state index contributed by atoms with van der Waals surface area (Å²) < 4.78 is 4.92. The molecule has 0 aliphatic rings. The van der Waals surface area contributed by atoms with Crippen LogP contribution >= 0.6 is 11.3 Å². The molecule has 2 rings (SSSR count). The largest absolute Gasteiger partial charge is 0.457 e. The van der Waals surface area contributed by atoms with Crippen LogP contribution in [0.15, 0.2) is 41.1 Å². The molecule has 2 amide bonds. The van der Waals surface area contributed by atoms with Crippen molar-refractivity contribution in [2.45, 2.75) is 13.3 Å². The summed E-state index contributed by atoms with van der Waals surface area (Å²) in [7, 11) is 0. The third-order valence-corrected chi connectivity index (χ3v) is 3.97. The van der Waals surface area contributed by atoms with Crippen LogP contribution in [-0.2, 0) is 14.3 Å². The lowest BCUT2D eigenvalue weighted by Gasteiger charge is -2.06. The van der Waals surface area contributed by atoms with Gasteiger partial charge in [0.15, 0.2) is 12.4 Å². The van der Waals surface area contributed by atoms with Gasteiger partial charge < -0.3 is 15.4 Å². The first kappa shape index (κ1) is 19.3. The highest BCUT2D eigenvalue weighted by atomic mass is 32.1. The minimum absolute atomic E-state index is 0.0232. The van der Waals surface area contributed by atoms with Crippen molar-refractivity contribution >= 4 is 40.6 Å². The maximum absolute atomic E-state index is 12.0. The topological polar surface area (TPSA) is 102 Å². The minimum atomic E-state index is -0.571. The van der Waals surface area contributed by atoms with Crippen LogP contribution in [0, 0.1) is 0 Å². The number of carbonyl (C=O) groups excluding carboxylic acids is 4. The van der Waals surface area contributed by atoms with Crippen LogP contribution in [0.1, 0.15) is 34.1 Å². The Balaban J connectivity index is 1.70. The lowest BCUT2D eigenvalue weighted by molar-refractivity contribution is -0.142. The summed E-state index contributed by atoms with van der Waals surface area (Å²) in [6.07, 6.45) is -0.0232. The second-order valence-corrected chi connectivity index (χ2v) is 6.14. The van der Waals surface area contributed by atoms with Crippen molar-refractivity contribution in [3.8, 4) is 0 Å². The fourth-order valence-electron chi connectivity index (χ4n) is 2.02. The van der Waals surface area contributed by atoms with Crippen LogP contribution in [-0.4, -0.2) is 36.7 Å². The lowest BCUT2D eigenvalue weighted by atomic mass is 10.1. The van der Waals surface area contributed by atoms with Gasteiger partial charge in [-0.25, -0.2) is 0 Å². The Morgan fingerprint density at radius 1 is 1.04 bits per heavy atom. The zero-order valence-electron chi connectivity index (χ0n) is 14.1. The molecule has 7 nitrogen and oxygen atoms in total. The molecule has 2 N–H and O–H groups in total. The maximum Gasteiger partial charge on any atom is 0.308 e. The number of nitrogens with one attached hydrogen (secondary N) is 2. The van der Waals surface area contributed by atoms with Crippen LogP contribution in [0.5, 0.6) is 0 Å². The first-order chi connectivity index (χ1) is 12.5. The molecular formula is C18H18N2O5S. The number of esters is 1. The van der Waals surface area contributed by atoms with Crippen molar-refractivity contribution in [3.05, 3.63) is 52.2 Å². The number of Topliss-reactive ketones (excluding diaryl/α,β-unsaturated/α-hetero) is 1. The molecule has 0 aliphatic heterocycles. The quantitative estimate of drug-likeness (QED) is 0.545. The summed E-state index contributed by atoms with van der Waals surface area (Å²) in [5, 5.41) is 8.70. The van der Waals surface area contributed by atoms with Gasteiger partial charge in [0, 0.05) is 35.7 Å². The Kier molecular flexibility index (Phi) is 7.04. The minimum Gasteiger partial charge on any atom is -0.457 e. The van der Waals surface area contributed by atoms with Gasteiger partial charge >= 0.3 is 5.97 Å². The maximum atomic E-state index is 12.0. The molecule has 0 atom stereocenters. The lowest BCUT2D eigenvalue weighted by Crippen LogP contribution is -2.26. The van der Waals surface area contributed by atoms with Gasteiger partial charge in [0.2, 0.25) is 5.91 Å². The van der Waals surface area contributed by atoms with Crippen molar-refractivity contribution < 1.29 is 23.9 Å². The summed E-state index contributed by atoms with van der Waals surface area (Å²) >= 11 is 1.41. The molecule has 0 radical (unpaired) electrons. The molecule has 2 aromatic rings. The molecule has 0 saturated heterocycles. The molecule has 1 aromatic heterocycles. The number of amides is 2. The molecule has 1 aromatic carbocycles. The van der Waals surface area contributed by atoms with E-state index >= 15 is 0 Å². The van der Waals surface area contributed by atoms with Crippen LogP contribution < -0.4 is 10.6 Å². The monoisotopic (exact) mass is 374 g/mol. The van der Waals surface area contributed by atoms with Crippen molar-refractivity contribution in [1.82, 2.24) is 5.32 Å². The molecule has 1 heterocycles. The van der Waals surface area contributed by atoms with Gasteiger partial charge in [-0.2, -0.15) is 11.3 Å². The highest BCUT2D eigenvalue weighted by molar-refractivity contribution is 7.08. The Hall–Kier alpha value is -3.00. The molecule has 0 saturated carbocycles. The van der Waals surface area contributed by atoms with Crippen LogP contribution in [0.3, 0.4) is 0 Å². The molecule has 0 bridgehead atoms. The average Bonchev–Trinajstić information content (AvgIpc) is 3.14. The van der Waals surface area contributed by atoms with E-state index in [4.69, 9.17) is 4.74 Å². The molecule has 0 aliphatic carbocycles. The number of ketones is 1. The molecule has 136 valence electrons. The highest BCUT2D eigenvalue weighted by Crippen LogP contribution is 2.10. The van der Waals surface area contributed by atoms with Crippen LogP contribution in [0.2, 0.25) is 0 Å². The van der Waals surface area contributed by atoms with Gasteiger partial charge in [0.25, 0.3) is 5.91 Å². The van der Waals surface area contributed by atoms with Gasteiger partial charge in [0.1, 0.15) is 0 Å². The Labute approximate surface area is 154 Å². The van der Waals surface area contributed by atoms with E-state index in [1.807, 2.05) is 0 Å². The molecule has 0 spiro atoms. The summed E-state index contributed by atoms with van der Waals surface area (Å²) in [5.74, 6) is -1.38. The summed E-state index contributed by atoms with van der Waals surface area (Å²) in [6.45, 7) is 1.14. The van der Waals surface area contributed by atoms with E-state index in [-0.39, 0.29) is 37.2 Å². The van der Waals surface area contributed by atoms with E-state index < -0.39 is 5.97 Å². The van der Waals surface area contributed by atoms with Gasteiger partial charge in [-0.15, -0.1) is 0 Å². The standard InChI is InChI=1S/C18H18N2O5S/c1-12(21)20-15-4-2-13(3-5-15)16(22)10-25-17(23)6-8-19-18(24)14-7-9-26-11-14/h2-5,7,9,11H,6,8,10H2,1H3,(H,19,24)(H,20,21). The molecule has 26 heavy (non-hydrogen) atoms. The number of hydrogen-bond acceptors (Lipinski definition) is 6. The highest BCUT2D eigenvalue weighted by Gasteiger charge is 2.11. The first-order valence-electron chi connectivity index (χ1n) is 7.82. The van der Waals surface area contributed by atoms with E-state index in [1.165, 1.54) is 18.3 Å². The Morgan fingerprint density at radius 2 is 1.77 bits per heavy atom. The second kappa shape index (κ2) is 9.47. The zero-order valence-corrected chi connectivity index (χ0v) is 14.9. The van der Waals surface area contributed by atoms with Crippen molar-refractivity contribution in [1.29, 1.82) is 0 Å². The smallest absolute Gasteiger partial charge is 0.308 e. The fourth-order valence-corrected chi connectivity index (χ4v) is 2.65. The predicted octanol–water partition coefficient (Wildman–Crippen LogP) is 2.25. The van der Waals surface area contributed by atoms with Gasteiger partial charge in [-0.05, 0) is 35.7 Å². The number of thiophene rings is 1.